The van der Waals surface area contributed by atoms with Gasteiger partial charge in [0.1, 0.15) is 11.6 Å². The summed E-state index contributed by atoms with van der Waals surface area (Å²) in [4.78, 5) is 21.7. The Labute approximate surface area is 80.7 Å². The molecule has 0 aliphatic heterocycles. The highest BCUT2D eigenvalue weighted by molar-refractivity contribution is 5.78. The molecule has 0 bridgehead atoms. The van der Waals surface area contributed by atoms with Gasteiger partial charge in [-0.15, -0.1) is 0 Å². The van der Waals surface area contributed by atoms with Gasteiger partial charge in [-0.1, -0.05) is 13.8 Å². The van der Waals surface area contributed by atoms with Gasteiger partial charge in [0.15, 0.2) is 0 Å². The lowest BCUT2D eigenvalue weighted by atomic mass is 9.97. The zero-order chi connectivity index (χ0) is 10.3. The minimum Gasteiger partial charge on any atom is -0.300 e. The number of hydrogen-bond acceptors (Lipinski definition) is 2. The molecule has 0 aromatic carbocycles. The molecule has 0 amide bonds. The van der Waals surface area contributed by atoms with Crippen molar-refractivity contribution in [3.8, 4) is 0 Å². The summed E-state index contributed by atoms with van der Waals surface area (Å²) in [6.07, 6.45) is 3.90. The molecule has 13 heavy (non-hydrogen) atoms. The molecule has 0 rings (SSSR count). The summed E-state index contributed by atoms with van der Waals surface area (Å²) in [5.41, 5.74) is 0. The molecule has 0 radical (unpaired) electrons. The Hall–Kier alpha value is -0.660. The third kappa shape index (κ3) is 7.69. The molecule has 0 aromatic rings. The van der Waals surface area contributed by atoms with E-state index in [1.807, 2.05) is 6.92 Å². The highest BCUT2D eigenvalue weighted by atomic mass is 16.1. The number of rotatable bonds is 7. The maximum Gasteiger partial charge on any atom is 0.132 e. The quantitative estimate of drug-likeness (QED) is 0.609. The van der Waals surface area contributed by atoms with Gasteiger partial charge in [0, 0.05) is 19.3 Å². The van der Waals surface area contributed by atoms with Crippen molar-refractivity contribution >= 4 is 11.6 Å². The third-order valence-corrected chi connectivity index (χ3v) is 2.18. The third-order valence-electron chi connectivity index (χ3n) is 2.18. The van der Waals surface area contributed by atoms with Crippen LogP contribution >= 0.6 is 0 Å². The first-order valence-corrected chi connectivity index (χ1v) is 5.07. The number of hydrogen-bond donors (Lipinski definition) is 0. The number of ketones is 2. The van der Waals surface area contributed by atoms with E-state index >= 15 is 0 Å². The van der Waals surface area contributed by atoms with E-state index in [-0.39, 0.29) is 5.78 Å². The molecule has 76 valence electrons. The first-order chi connectivity index (χ1) is 6.06. The Kier molecular flexibility index (Phi) is 6.47. The molecule has 0 saturated heterocycles. The lowest BCUT2D eigenvalue weighted by Gasteiger charge is -2.07. The average molecular weight is 184 g/mol. The molecule has 0 aromatic heterocycles. The topological polar surface area (TPSA) is 34.1 Å². The van der Waals surface area contributed by atoms with Crippen LogP contribution in [0.5, 0.6) is 0 Å². The van der Waals surface area contributed by atoms with Crippen molar-refractivity contribution in [1.29, 1.82) is 0 Å². The van der Waals surface area contributed by atoms with E-state index in [0.717, 1.165) is 12.8 Å². The fraction of sp³-hybridized carbons (Fsp3) is 0.818. The molecule has 1 atom stereocenters. The SMILES string of the molecule is CCC(=O)CCCC(C)CC(C)=O. The Balaban J connectivity index is 3.42. The van der Waals surface area contributed by atoms with Crippen LogP contribution in [0, 0.1) is 5.92 Å². The fourth-order valence-corrected chi connectivity index (χ4v) is 1.42. The second kappa shape index (κ2) is 6.81. The molecule has 0 aliphatic rings. The number of Topliss-reactive ketones (excluding diaryl/α,β-unsaturated/α-hetero) is 2. The van der Waals surface area contributed by atoms with Gasteiger partial charge in [-0.2, -0.15) is 0 Å². The van der Waals surface area contributed by atoms with Gasteiger partial charge in [-0.3, -0.25) is 4.79 Å². The van der Waals surface area contributed by atoms with Gasteiger partial charge in [0.2, 0.25) is 0 Å². The fourth-order valence-electron chi connectivity index (χ4n) is 1.42. The van der Waals surface area contributed by atoms with Gasteiger partial charge in [-0.05, 0) is 25.7 Å². The van der Waals surface area contributed by atoms with Gasteiger partial charge < -0.3 is 4.79 Å². The smallest absolute Gasteiger partial charge is 0.132 e. The van der Waals surface area contributed by atoms with Gasteiger partial charge in [0.05, 0.1) is 0 Å². The summed E-state index contributed by atoms with van der Waals surface area (Å²) >= 11 is 0. The second-order valence-corrected chi connectivity index (χ2v) is 3.80. The van der Waals surface area contributed by atoms with Gasteiger partial charge in [0.25, 0.3) is 0 Å². The van der Waals surface area contributed by atoms with E-state index in [0.29, 0.717) is 31.0 Å². The van der Waals surface area contributed by atoms with Crippen LogP contribution in [-0.2, 0) is 9.59 Å². The number of carbonyl (C=O) groups is 2. The van der Waals surface area contributed by atoms with Crippen LogP contribution in [0.15, 0.2) is 0 Å². The molecule has 0 N–H and O–H groups in total. The normalized spacial score (nSPS) is 12.5. The van der Waals surface area contributed by atoms with Crippen LogP contribution in [0.25, 0.3) is 0 Å². The molecule has 0 heterocycles. The predicted molar refractivity (Wildman–Crippen MR) is 53.6 cm³/mol. The zero-order valence-electron chi connectivity index (χ0n) is 8.93. The second-order valence-electron chi connectivity index (χ2n) is 3.80. The van der Waals surface area contributed by atoms with E-state index < -0.39 is 0 Å². The Morgan fingerprint density at radius 3 is 2.38 bits per heavy atom. The standard InChI is InChI=1S/C11H20O2/c1-4-11(13)7-5-6-9(2)8-10(3)12/h9H,4-8H2,1-3H3. The lowest BCUT2D eigenvalue weighted by molar-refractivity contribution is -0.118. The summed E-state index contributed by atoms with van der Waals surface area (Å²) in [5, 5.41) is 0. The van der Waals surface area contributed by atoms with Crippen LogP contribution in [0.3, 0.4) is 0 Å². The molecule has 0 fully saturated rings. The van der Waals surface area contributed by atoms with Crippen LogP contribution < -0.4 is 0 Å². The Morgan fingerprint density at radius 2 is 1.92 bits per heavy atom. The zero-order valence-corrected chi connectivity index (χ0v) is 8.93. The molecule has 0 saturated carbocycles. The summed E-state index contributed by atoms with van der Waals surface area (Å²) in [5.74, 6) is 1.01. The van der Waals surface area contributed by atoms with Crippen LogP contribution in [0.1, 0.15) is 52.9 Å². The molecular formula is C11H20O2. The molecule has 1 unspecified atom stereocenters. The molecule has 0 spiro atoms. The highest BCUT2D eigenvalue weighted by Gasteiger charge is 2.06. The van der Waals surface area contributed by atoms with Crippen molar-refractivity contribution in [3.63, 3.8) is 0 Å². The average Bonchev–Trinajstić information content (AvgIpc) is 2.02. The Bertz CT molecular complexity index is 173. The first kappa shape index (κ1) is 12.3. The van der Waals surface area contributed by atoms with Crippen molar-refractivity contribution in [2.75, 3.05) is 0 Å². The van der Waals surface area contributed by atoms with Crippen molar-refractivity contribution in [1.82, 2.24) is 0 Å². The van der Waals surface area contributed by atoms with Crippen LogP contribution in [0.4, 0.5) is 0 Å². The predicted octanol–water partition coefficient (Wildman–Crippen LogP) is 2.75. The summed E-state index contributed by atoms with van der Waals surface area (Å²) in [6, 6.07) is 0. The Morgan fingerprint density at radius 1 is 1.31 bits per heavy atom. The van der Waals surface area contributed by atoms with Crippen molar-refractivity contribution in [2.45, 2.75) is 52.9 Å². The van der Waals surface area contributed by atoms with E-state index in [9.17, 15) is 9.59 Å². The van der Waals surface area contributed by atoms with E-state index in [2.05, 4.69) is 6.92 Å². The minimum absolute atomic E-state index is 0.245. The molecular weight excluding hydrogens is 164 g/mol. The van der Waals surface area contributed by atoms with Crippen molar-refractivity contribution < 1.29 is 9.59 Å². The maximum absolute atomic E-state index is 10.9. The van der Waals surface area contributed by atoms with Crippen molar-refractivity contribution in [2.24, 2.45) is 5.92 Å². The van der Waals surface area contributed by atoms with Crippen molar-refractivity contribution in [3.05, 3.63) is 0 Å². The summed E-state index contributed by atoms with van der Waals surface area (Å²) < 4.78 is 0. The molecule has 2 heteroatoms. The van der Waals surface area contributed by atoms with E-state index in [4.69, 9.17) is 0 Å². The molecule has 2 nitrogen and oxygen atoms in total. The molecule has 0 aliphatic carbocycles. The maximum atomic E-state index is 10.9. The largest absolute Gasteiger partial charge is 0.300 e. The van der Waals surface area contributed by atoms with E-state index in [1.165, 1.54) is 0 Å². The summed E-state index contributed by atoms with van der Waals surface area (Å²) in [6.45, 7) is 5.58. The monoisotopic (exact) mass is 184 g/mol. The summed E-state index contributed by atoms with van der Waals surface area (Å²) in [7, 11) is 0. The van der Waals surface area contributed by atoms with Gasteiger partial charge in [-0.25, -0.2) is 0 Å². The van der Waals surface area contributed by atoms with Gasteiger partial charge >= 0.3 is 0 Å². The number of carbonyl (C=O) groups excluding carboxylic acids is 2. The van der Waals surface area contributed by atoms with E-state index in [1.54, 1.807) is 6.92 Å². The van der Waals surface area contributed by atoms with Crippen LogP contribution in [-0.4, -0.2) is 11.6 Å². The van der Waals surface area contributed by atoms with Crippen LogP contribution in [0.2, 0.25) is 0 Å². The lowest BCUT2D eigenvalue weighted by Crippen LogP contribution is -2.03. The first-order valence-electron chi connectivity index (χ1n) is 5.07. The minimum atomic E-state index is 0.245. The highest BCUT2D eigenvalue weighted by Crippen LogP contribution is 2.12.